The van der Waals surface area contributed by atoms with Gasteiger partial charge in [-0.05, 0) is 37.8 Å². The summed E-state index contributed by atoms with van der Waals surface area (Å²) >= 11 is 0. The van der Waals surface area contributed by atoms with Gasteiger partial charge in [0.05, 0.1) is 5.75 Å². The van der Waals surface area contributed by atoms with Crippen molar-refractivity contribution in [2.75, 3.05) is 0 Å². The Labute approximate surface area is 138 Å². The molecule has 0 saturated heterocycles. The first kappa shape index (κ1) is 17.9. The highest BCUT2D eigenvalue weighted by Gasteiger charge is 2.22. The minimum Gasteiger partial charge on any atom is -0.352 e. The smallest absolute Gasteiger partial charge is 0.223 e. The van der Waals surface area contributed by atoms with Gasteiger partial charge >= 0.3 is 0 Å². The van der Waals surface area contributed by atoms with Gasteiger partial charge in [0.25, 0.3) is 0 Å². The fraction of sp³-hybridized carbons (Fsp3) is 0.588. The normalized spacial score (nSPS) is 16.0. The standard InChI is InChI=1S/C17H26N2O3S/c1-13(2)19-23(21,22)12-16-10-6-5-9-15(16)11-18-17(20)14-7-3-4-8-14/h5-6,9-10,13-14,19H,3-4,7-8,11-12H2,1-2H3,(H,18,20). The van der Waals surface area contributed by atoms with Crippen LogP contribution in [0.2, 0.25) is 0 Å². The lowest BCUT2D eigenvalue weighted by Crippen LogP contribution is -2.32. The molecule has 1 amide bonds. The Hall–Kier alpha value is -1.40. The maximum Gasteiger partial charge on any atom is 0.223 e. The highest BCUT2D eigenvalue weighted by molar-refractivity contribution is 7.88. The first-order valence-corrected chi connectivity index (χ1v) is 9.87. The van der Waals surface area contributed by atoms with Gasteiger partial charge in [-0.1, -0.05) is 37.1 Å². The van der Waals surface area contributed by atoms with Gasteiger partial charge < -0.3 is 5.32 Å². The first-order chi connectivity index (χ1) is 10.9. The summed E-state index contributed by atoms with van der Waals surface area (Å²) in [5, 5.41) is 2.95. The van der Waals surface area contributed by atoms with E-state index in [0.29, 0.717) is 6.54 Å². The zero-order valence-corrected chi connectivity index (χ0v) is 14.7. The minimum absolute atomic E-state index is 0.0688. The molecule has 1 fully saturated rings. The lowest BCUT2D eigenvalue weighted by molar-refractivity contribution is -0.124. The van der Waals surface area contributed by atoms with Crippen LogP contribution in [-0.2, 0) is 27.1 Å². The number of hydrogen-bond donors (Lipinski definition) is 2. The Balaban J connectivity index is 2.01. The quantitative estimate of drug-likeness (QED) is 0.801. The van der Waals surface area contributed by atoms with Crippen molar-refractivity contribution in [1.82, 2.24) is 10.0 Å². The third-order valence-electron chi connectivity index (χ3n) is 4.06. The molecule has 0 heterocycles. The molecule has 0 radical (unpaired) electrons. The maximum absolute atomic E-state index is 12.1. The van der Waals surface area contributed by atoms with Gasteiger partial charge in [0.1, 0.15) is 0 Å². The van der Waals surface area contributed by atoms with Crippen LogP contribution in [0.25, 0.3) is 0 Å². The number of carbonyl (C=O) groups is 1. The van der Waals surface area contributed by atoms with Crippen molar-refractivity contribution in [2.45, 2.75) is 57.9 Å². The molecule has 1 aliphatic rings. The molecule has 2 N–H and O–H groups in total. The van der Waals surface area contributed by atoms with Crippen LogP contribution in [-0.4, -0.2) is 20.4 Å². The molecule has 1 aromatic carbocycles. The molecule has 0 atom stereocenters. The van der Waals surface area contributed by atoms with Crippen molar-refractivity contribution in [3.05, 3.63) is 35.4 Å². The van der Waals surface area contributed by atoms with Gasteiger partial charge in [0.2, 0.25) is 15.9 Å². The highest BCUT2D eigenvalue weighted by Crippen LogP contribution is 2.24. The fourth-order valence-corrected chi connectivity index (χ4v) is 4.48. The van der Waals surface area contributed by atoms with Crippen LogP contribution in [0, 0.1) is 5.92 Å². The third kappa shape index (κ3) is 5.62. The molecule has 6 heteroatoms. The second kappa shape index (κ2) is 7.93. The maximum atomic E-state index is 12.1. The number of hydrogen-bond acceptors (Lipinski definition) is 3. The van der Waals surface area contributed by atoms with E-state index in [1.807, 2.05) is 18.2 Å². The lowest BCUT2D eigenvalue weighted by Gasteiger charge is -2.14. The number of benzene rings is 1. The van der Waals surface area contributed by atoms with Crippen LogP contribution in [0.1, 0.15) is 50.7 Å². The van der Waals surface area contributed by atoms with Gasteiger partial charge in [0.15, 0.2) is 0 Å². The Kier molecular flexibility index (Phi) is 6.18. The fourth-order valence-electron chi connectivity index (χ4n) is 2.99. The lowest BCUT2D eigenvalue weighted by atomic mass is 10.1. The number of carbonyl (C=O) groups excluding carboxylic acids is 1. The van der Waals surface area contributed by atoms with E-state index in [-0.39, 0.29) is 23.6 Å². The van der Waals surface area contributed by atoms with Crippen molar-refractivity contribution in [2.24, 2.45) is 5.92 Å². The zero-order chi connectivity index (χ0) is 16.9. The SMILES string of the molecule is CC(C)NS(=O)(=O)Cc1ccccc1CNC(=O)C1CCCC1. The molecule has 2 rings (SSSR count). The Morgan fingerprint density at radius 1 is 1.17 bits per heavy atom. The molecule has 0 spiro atoms. The van der Waals surface area contributed by atoms with Crippen molar-refractivity contribution in [1.29, 1.82) is 0 Å². The molecule has 23 heavy (non-hydrogen) atoms. The molecular formula is C17H26N2O3S. The van der Waals surface area contributed by atoms with Crippen LogP contribution >= 0.6 is 0 Å². The second-order valence-electron chi connectivity index (χ2n) is 6.50. The summed E-state index contributed by atoms with van der Waals surface area (Å²) in [4.78, 5) is 12.1. The molecule has 1 saturated carbocycles. The van der Waals surface area contributed by atoms with Crippen LogP contribution in [0.3, 0.4) is 0 Å². The number of sulfonamides is 1. The average Bonchev–Trinajstić information content (AvgIpc) is 2.98. The van der Waals surface area contributed by atoms with E-state index < -0.39 is 10.0 Å². The van der Waals surface area contributed by atoms with Gasteiger partial charge in [-0.3, -0.25) is 4.79 Å². The summed E-state index contributed by atoms with van der Waals surface area (Å²) < 4.78 is 26.8. The zero-order valence-electron chi connectivity index (χ0n) is 13.8. The van der Waals surface area contributed by atoms with Gasteiger partial charge in [0, 0.05) is 18.5 Å². The van der Waals surface area contributed by atoms with E-state index >= 15 is 0 Å². The first-order valence-electron chi connectivity index (χ1n) is 8.22. The molecular weight excluding hydrogens is 312 g/mol. The molecule has 5 nitrogen and oxygen atoms in total. The highest BCUT2D eigenvalue weighted by atomic mass is 32.2. The predicted molar refractivity (Wildman–Crippen MR) is 91.1 cm³/mol. The van der Waals surface area contributed by atoms with E-state index in [4.69, 9.17) is 0 Å². The summed E-state index contributed by atoms with van der Waals surface area (Å²) in [6.07, 6.45) is 4.15. The molecule has 1 aliphatic carbocycles. The van der Waals surface area contributed by atoms with Crippen molar-refractivity contribution >= 4 is 15.9 Å². The van der Waals surface area contributed by atoms with E-state index in [9.17, 15) is 13.2 Å². The van der Waals surface area contributed by atoms with Crippen LogP contribution in [0.15, 0.2) is 24.3 Å². The van der Waals surface area contributed by atoms with Crippen LogP contribution < -0.4 is 10.0 Å². The molecule has 0 bridgehead atoms. The Morgan fingerprint density at radius 2 is 1.78 bits per heavy atom. The average molecular weight is 338 g/mol. The van der Waals surface area contributed by atoms with Crippen LogP contribution in [0.4, 0.5) is 0 Å². The van der Waals surface area contributed by atoms with Gasteiger partial charge in [-0.15, -0.1) is 0 Å². The summed E-state index contributed by atoms with van der Waals surface area (Å²) in [5.74, 6) is 0.134. The van der Waals surface area contributed by atoms with E-state index in [0.717, 1.165) is 36.8 Å². The van der Waals surface area contributed by atoms with E-state index in [2.05, 4.69) is 10.0 Å². The third-order valence-corrected chi connectivity index (χ3v) is 5.58. The topological polar surface area (TPSA) is 75.3 Å². The monoisotopic (exact) mass is 338 g/mol. The van der Waals surface area contributed by atoms with Gasteiger partial charge in [-0.2, -0.15) is 0 Å². The van der Waals surface area contributed by atoms with Crippen molar-refractivity contribution < 1.29 is 13.2 Å². The summed E-state index contributed by atoms with van der Waals surface area (Å²) in [6.45, 7) is 3.97. The molecule has 128 valence electrons. The Morgan fingerprint density at radius 3 is 2.39 bits per heavy atom. The molecule has 0 aliphatic heterocycles. The van der Waals surface area contributed by atoms with Crippen molar-refractivity contribution in [3.63, 3.8) is 0 Å². The molecule has 0 unspecified atom stereocenters. The predicted octanol–water partition coefficient (Wildman–Crippen LogP) is 2.32. The van der Waals surface area contributed by atoms with Crippen molar-refractivity contribution in [3.8, 4) is 0 Å². The number of nitrogens with one attached hydrogen (secondary N) is 2. The Bertz CT molecular complexity index is 635. The largest absolute Gasteiger partial charge is 0.352 e. The summed E-state index contributed by atoms with van der Waals surface area (Å²) in [7, 11) is -3.37. The summed E-state index contributed by atoms with van der Waals surface area (Å²) in [5.41, 5.74) is 1.58. The number of rotatable bonds is 7. The van der Waals surface area contributed by atoms with E-state index in [1.54, 1.807) is 19.9 Å². The molecule has 1 aromatic rings. The van der Waals surface area contributed by atoms with Gasteiger partial charge in [-0.25, -0.2) is 13.1 Å². The van der Waals surface area contributed by atoms with E-state index in [1.165, 1.54) is 0 Å². The minimum atomic E-state index is -3.37. The summed E-state index contributed by atoms with van der Waals surface area (Å²) in [6, 6.07) is 7.23. The molecule has 0 aromatic heterocycles. The number of amides is 1. The van der Waals surface area contributed by atoms with Crippen LogP contribution in [0.5, 0.6) is 0 Å². The second-order valence-corrected chi connectivity index (χ2v) is 8.25.